The zero-order valence-corrected chi connectivity index (χ0v) is 13.6. The normalized spacial score (nSPS) is 14.7. The topological polar surface area (TPSA) is 47.9 Å². The highest BCUT2D eigenvalue weighted by Gasteiger charge is 2.19. The third-order valence-electron chi connectivity index (χ3n) is 4.13. The summed E-state index contributed by atoms with van der Waals surface area (Å²) in [6.45, 7) is 0. The number of allylic oxidation sites excluding steroid dienone is 1. The van der Waals surface area contributed by atoms with Gasteiger partial charge in [-0.3, -0.25) is 0 Å². The first-order valence-electron chi connectivity index (χ1n) is 7.45. The molecule has 0 saturated heterocycles. The van der Waals surface area contributed by atoms with Crippen molar-refractivity contribution in [1.29, 1.82) is 0 Å². The fourth-order valence-corrected chi connectivity index (χ4v) is 3.05. The molecular formula is C19H20O4. The minimum absolute atomic E-state index is 0.371. The molecule has 0 fully saturated rings. The van der Waals surface area contributed by atoms with Gasteiger partial charge in [0.15, 0.2) is 11.5 Å². The predicted molar refractivity (Wildman–Crippen MR) is 89.6 cm³/mol. The number of hydrogen-bond donors (Lipinski definition) is 1. The first kappa shape index (κ1) is 15.3. The maximum atomic E-state index is 9.96. The van der Waals surface area contributed by atoms with Crippen molar-refractivity contribution < 1.29 is 19.3 Å². The van der Waals surface area contributed by atoms with E-state index in [4.69, 9.17) is 14.2 Å². The van der Waals surface area contributed by atoms with Crippen LogP contribution in [0.4, 0.5) is 0 Å². The molecule has 0 heterocycles. The largest absolute Gasteiger partial charge is 0.508 e. The van der Waals surface area contributed by atoms with Crippen LogP contribution < -0.4 is 14.2 Å². The summed E-state index contributed by atoms with van der Waals surface area (Å²) in [6.07, 6.45) is 3.73. The molecule has 2 aromatic rings. The first-order chi connectivity index (χ1) is 11.2. The third kappa shape index (κ3) is 2.84. The van der Waals surface area contributed by atoms with Crippen LogP contribution in [0.5, 0.6) is 23.0 Å². The van der Waals surface area contributed by atoms with E-state index in [1.807, 2.05) is 18.2 Å². The molecule has 0 unspecified atom stereocenters. The highest BCUT2D eigenvalue weighted by Crippen LogP contribution is 2.40. The number of methoxy groups -OCH3 is 3. The van der Waals surface area contributed by atoms with Crippen LogP contribution in [0.1, 0.15) is 16.7 Å². The summed E-state index contributed by atoms with van der Waals surface area (Å²) in [7, 11) is 4.81. The molecule has 4 heteroatoms. The number of rotatable bonds is 4. The van der Waals surface area contributed by atoms with Gasteiger partial charge in [-0.1, -0.05) is 23.8 Å². The lowest BCUT2D eigenvalue weighted by Gasteiger charge is -2.13. The maximum Gasteiger partial charge on any atom is 0.203 e. The fraction of sp³-hybridized carbons (Fsp3) is 0.263. The van der Waals surface area contributed by atoms with Crippen molar-refractivity contribution in [2.75, 3.05) is 21.3 Å². The Balaban J connectivity index is 1.96. The van der Waals surface area contributed by atoms with Crippen LogP contribution in [0.25, 0.3) is 6.08 Å². The van der Waals surface area contributed by atoms with E-state index in [1.54, 1.807) is 27.4 Å². The second-order valence-corrected chi connectivity index (χ2v) is 5.53. The quantitative estimate of drug-likeness (QED) is 0.937. The number of phenols is 1. The molecule has 0 spiro atoms. The van der Waals surface area contributed by atoms with E-state index in [1.165, 1.54) is 11.1 Å². The van der Waals surface area contributed by atoms with Crippen LogP contribution in [0, 0.1) is 0 Å². The lowest BCUT2D eigenvalue weighted by atomic mass is 10.1. The molecule has 0 saturated carbocycles. The first-order valence-corrected chi connectivity index (χ1v) is 7.45. The molecule has 1 aliphatic carbocycles. The van der Waals surface area contributed by atoms with E-state index in [2.05, 4.69) is 12.1 Å². The molecule has 0 amide bonds. The Labute approximate surface area is 135 Å². The fourth-order valence-electron chi connectivity index (χ4n) is 3.05. The number of phenolic OH excluding ortho intramolecular Hbond substituents is 1. The number of fused-ring (bicyclic) bond motifs is 1. The second-order valence-electron chi connectivity index (χ2n) is 5.53. The van der Waals surface area contributed by atoms with Crippen LogP contribution in [-0.4, -0.2) is 26.4 Å². The smallest absolute Gasteiger partial charge is 0.203 e. The van der Waals surface area contributed by atoms with Gasteiger partial charge in [-0.15, -0.1) is 0 Å². The summed E-state index contributed by atoms with van der Waals surface area (Å²) in [5, 5.41) is 9.96. The summed E-state index contributed by atoms with van der Waals surface area (Å²) in [5.41, 5.74) is 4.44. The minimum Gasteiger partial charge on any atom is -0.508 e. The van der Waals surface area contributed by atoms with Gasteiger partial charge in [0.2, 0.25) is 5.75 Å². The highest BCUT2D eigenvalue weighted by atomic mass is 16.5. The Morgan fingerprint density at radius 3 is 2.22 bits per heavy atom. The summed E-state index contributed by atoms with van der Waals surface area (Å²) in [6, 6.07) is 9.54. The van der Waals surface area contributed by atoms with E-state index >= 15 is 0 Å². The van der Waals surface area contributed by atoms with Crippen LogP contribution in [0.2, 0.25) is 0 Å². The Morgan fingerprint density at radius 2 is 1.65 bits per heavy atom. The van der Waals surface area contributed by atoms with Crippen LogP contribution in [0.15, 0.2) is 35.9 Å². The van der Waals surface area contributed by atoms with E-state index in [9.17, 15) is 5.11 Å². The van der Waals surface area contributed by atoms with E-state index in [-0.39, 0.29) is 0 Å². The van der Waals surface area contributed by atoms with Crippen molar-refractivity contribution in [2.24, 2.45) is 0 Å². The molecule has 4 nitrogen and oxygen atoms in total. The molecule has 0 radical (unpaired) electrons. The van der Waals surface area contributed by atoms with Gasteiger partial charge in [0.05, 0.1) is 21.3 Å². The van der Waals surface area contributed by atoms with Crippen LogP contribution in [0.3, 0.4) is 0 Å². The molecule has 1 N–H and O–H groups in total. The summed E-state index contributed by atoms with van der Waals surface area (Å²) in [4.78, 5) is 0. The van der Waals surface area contributed by atoms with Crippen molar-refractivity contribution >= 4 is 6.08 Å². The van der Waals surface area contributed by atoms with Crippen molar-refractivity contribution in [3.63, 3.8) is 0 Å². The van der Waals surface area contributed by atoms with E-state index < -0.39 is 0 Å². The van der Waals surface area contributed by atoms with Gasteiger partial charge in [0.25, 0.3) is 0 Å². The minimum atomic E-state index is 0.371. The molecule has 0 bridgehead atoms. The van der Waals surface area contributed by atoms with Crippen LogP contribution in [-0.2, 0) is 12.8 Å². The van der Waals surface area contributed by atoms with Gasteiger partial charge in [0, 0.05) is 5.56 Å². The lowest BCUT2D eigenvalue weighted by Crippen LogP contribution is -1.96. The molecule has 23 heavy (non-hydrogen) atoms. The molecular weight excluding hydrogens is 292 g/mol. The van der Waals surface area contributed by atoms with Crippen molar-refractivity contribution in [3.05, 3.63) is 52.6 Å². The second kappa shape index (κ2) is 6.24. The number of hydrogen-bond acceptors (Lipinski definition) is 4. The van der Waals surface area contributed by atoms with Crippen molar-refractivity contribution in [3.8, 4) is 23.0 Å². The van der Waals surface area contributed by atoms with Gasteiger partial charge in [-0.05, 0) is 42.2 Å². The number of benzene rings is 2. The predicted octanol–water partition coefficient (Wildman–Crippen LogP) is 3.60. The van der Waals surface area contributed by atoms with E-state index in [0.29, 0.717) is 23.0 Å². The zero-order valence-electron chi connectivity index (χ0n) is 13.6. The maximum absolute atomic E-state index is 9.96. The molecule has 3 rings (SSSR count). The third-order valence-corrected chi connectivity index (χ3v) is 4.13. The molecule has 120 valence electrons. The van der Waals surface area contributed by atoms with Gasteiger partial charge in [-0.25, -0.2) is 0 Å². The number of aromatic hydroxyl groups is 1. The van der Waals surface area contributed by atoms with Gasteiger partial charge in [0.1, 0.15) is 5.75 Å². The Morgan fingerprint density at radius 1 is 0.957 bits per heavy atom. The average molecular weight is 312 g/mol. The monoisotopic (exact) mass is 312 g/mol. The van der Waals surface area contributed by atoms with Crippen molar-refractivity contribution in [2.45, 2.75) is 12.8 Å². The summed E-state index contributed by atoms with van der Waals surface area (Å²) in [5.74, 6) is 2.23. The van der Waals surface area contributed by atoms with Gasteiger partial charge < -0.3 is 19.3 Å². The van der Waals surface area contributed by atoms with E-state index in [0.717, 1.165) is 24.0 Å². The standard InChI is InChI=1S/C19H20O4/c1-21-17-10-13(11-18(22-2)19(17)23-3)7-12-8-14-5-4-6-16(20)15(14)9-12/h4-7,10-11,20H,8-9H2,1-3H3. The van der Waals surface area contributed by atoms with Crippen LogP contribution >= 0.6 is 0 Å². The average Bonchev–Trinajstić information content (AvgIpc) is 2.97. The Bertz CT molecular complexity index is 737. The number of ether oxygens (including phenoxy) is 3. The summed E-state index contributed by atoms with van der Waals surface area (Å²) >= 11 is 0. The Hall–Kier alpha value is -2.62. The molecule has 0 atom stereocenters. The summed E-state index contributed by atoms with van der Waals surface area (Å²) < 4.78 is 16.1. The van der Waals surface area contributed by atoms with Gasteiger partial charge >= 0.3 is 0 Å². The Kier molecular flexibility index (Phi) is 4.15. The zero-order chi connectivity index (χ0) is 16.4. The SMILES string of the molecule is COc1cc(C=C2Cc3cccc(O)c3C2)cc(OC)c1OC. The molecule has 1 aliphatic rings. The van der Waals surface area contributed by atoms with Crippen molar-refractivity contribution in [1.82, 2.24) is 0 Å². The molecule has 0 aliphatic heterocycles. The molecule has 0 aromatic heterocycles. The van der Waals surface area contributed by atoms with Gasteiger partial charge in [-0.2, -0.15) is 0 Å². The lowest BCUT2D eigenvalue weighted by molar-refractivity contribution is 0.324. The highest BCUT2D eigenvalue weighted by molar-refractivity contribution is 5.65. The molecule has 2 aromatic carbocycles.